The average molecular weight is 268 g/mol. The van der Waals surface area contributed by atoms with Gasteiger partial charge in [0, 0.05) is 24.7 Å². The number of likely N-dealkylation sites (tertiary alicyclic amines) is 1. The minimum Gasteiger partial charge on any atom is -0.785 e. The summed E-state index contributed by atoms with van der Waals surface area (Å²) in [7, 11) is 0. The van der Waals surface area contributed by atoms with E-state index < -0.39 is 0 Å². The molecule has 2 saturated heterocycles. The Hall–Kier alpha value is -0.650. The van der Waals surface area contributed by atoms with E-state index >= 15 is 0 Å². The molecule has 2 aliphatic heterocycles. The van der Waals surface area contributed by atoms with Gasteiger partial charge in [-0.3, -0.25) is 4.79 Å². The second-order valence-corrected chi connectivity index (χ2v) is 6.65. The molecule has 2 unspecified atom stereocenters. The number of carbonyl (C=O) groups is 1. The molecule has 0 aliphatic carbocycles. The Morgan fingerprint density at radius 1 is 1.26 bits per heavy atom. The zero-order chi connectivity index (χ0) is 14.2. The normalized spacial score (nSPS) is 36.3. The molecule has 110 valence electrons. The van der Waals surface area contributed by atoms with Gasteiger partial charge in [0.1, 0.15) is 0 Å². The van der Waals surface area contributed by atoms with Crippen LogP contribution >= 0.6 is 0 Å². The van der Waals surface area contributed by atoms with Gasteiger partial charge in [0.05, 0.1) is 5.92 Å². The highest BCUT2D eigenvalue weighted by Crippen LogP contribution is 2.31. The van der Waals surface area contributed by atoms with E-state index in [4.69, 9.17) is 5.73 Å². The molecule has 0 spiro atoms. The quantitative estimate of drug-likeness (QED) is 0.775. The minimum atomic E-state index is -0.206. The lowest BCUT2D eigenvalue weighted by Crippen LogP contribution is -2.55. The van der Waals surface area contributed by atoms with E-state index in [1.807, 2.05) is 18.7 Å². The summed E-state index contributed by atoms with van der Waals surface area (Å²) in [5.41, 5.74) is 5.95. The van der Waals surface area contributed by atoms with Crippen molar-refractivity contribution >= 4 is 5.91 Å². The van der Waals surface area contributed by atoms with Crippen molar-refractivity contribution in [2.75, 3.05) is 19.6 Å². The first-order valence-corrected chi connectivity index (χ1v) is 7.33. The van der Waals surface area contributed by atoms with Gasteiger partial charge in [-0.15, -0.1) is 0 Å². The Balaban J connectivity index is 2.02. The SMILES string of the molecule is CC1C(C(=O)N2CCC(C)(N)CC2)[C@H](C)CCN1[O-]. The monoisotopic (exact) mass is 268 g/mol. The maximum atomic E-state index is 12.7. The minimum absolute atomic E-state index is 0.148. The third-order valence-corrected chi connectivity index (χ3v) is 4.89. The second-order valence-electron chi connectivity index (χ2n) is 6.65. The molecule has 2 rings (SSSR count). The van der Waals surface area contributed by atoms with Crippen molar-refractivity contribution < 1.29 is 4.79 Å². The van der Waals surface area contributed by atoms with Crippen LogP contribution in [0.1, 0.15) is 40.0 Å². The molecular formula is C14H26N3O2-. The van der Waals surface area contributed by atoms with Crippen molar-refractivity contribution in [3.63, 3.8) is 0 Å². The van der Waals surface area contributed by atoms with E-state index in [0.29, 0.717) is 12.5 Å². The molecule has 2 heterocycles. The molecule has 0 radical (unpaired) electrons. The molecule has 3 atom stereocenters. The Labute approximate surface area is 115 Å². The molecule has 2 aliphatic rings. The fourth-order valence-corrected chi connectivity index (χ4v) is 3.27. The molecule has 5 heteroatoms. The van der Waals surface area contributed by atoms with Gasteiger partial charge in [-0.2, -0.15) is 0 Å². The van der Waals surface area contributed by atoms with Crippen molar-refractivity contribution in [2.45, 2.75) is 51.6 Å². The summed E-state index contributed by atoms with van der Waals surface area (Å²) in [5.74, 6) is 0.281. The molecule has 0 bridgehead atoms. The molecule has 2 fully saturated rings. The fraction of sp³-hybridized carbons (Fsp3) is 0.929. The lowest BCUT2D eigenvalue weighted by Gasteiger charge is -2.48. The molecule has 0 saturated carbocycles. The van der Waals surface area contributed by atoms with Gasteiger partial charge in [-0.05, 0) is 45.6 Å². The fourth-order valence-electron chi connectivity index (χ4n) is 3.27. The van der Waals surface area contributed by atoms with E-state index in [0.717, 1.165) is 37.4 Å². The number of hydrogen-bond acceptors (Lipinski definition) is 4. The molecule has 0 aromatic heterocycles. The van der Waals surface area contributed by atoms with Crippen molar-refractivity contribution in [1.29, 1.82) is 0 Å². The van der Waals surface area contributed by atoms with Gasteiger partial charge in [0.25, 0.3) is 0 Å². The van der Waals surface area contributed by atoms with Crippen LogP contribution < -0.4 is 5.73 Å². The molecule has 19 heavy (non-hydrogen) atoms. The van der Waals surface area contributed by atoms with Crippen LogP contribution in [0.4, 0.5) is 0 Å². The third kappa shape index (κ3) is 3.09. The topological polar surface area (TPSA) is 72.6 Å². The molecule has 5 nitrogen and oxygen atoms in total. The summed E-state index contributed by atoms with van der Waals surface area (Å²) in [4.78, 5) is 14.6. The van der Waals surface area contributed by atoms with E-state index in [-0.39, 0.29) is 23.4 Å². The van der Waals surface area contributed by atoms with E-state index in [1.165, 1.54) is 0 Å². The predicted octanol–water partition coefficient (Wildman–Crippen LogP) is 1.17. The predicted molar refractivity (Wildman–Crippen MR) is 75.2 cm³/mol. The Morgan fingerprint density at radius 2 is 1.84 bits per heavy atom. The summed E-state index contributed by atoms with van der Waals surface area (Å²) in [6.07, 6.45) is 2.50. The lowest BCUT2D eigenvalue weighted by atomic mass is 9.80. The first-order valence-electron chi connectivity index (χ1n) is 7.33. The number of nitrogens with two attached hydrogens (primary N) is 1. The highest BCUT2D eigenvalue weighted by molar-refractivity contribution is 5.80. The number of piperidine rings is 2. The molecule has 1 amide bonds. The van der Waals surface area contributed by atoms with Crippen LogP contribution in [0.5, 0.6) is 0 Å². The van der Waals surface area contributed by atoms with Crippen molar-refractivity contribution in [3.8, 4) is 0 Å². The number of rotatable bonds is 1. The zero-order valence-electron chi connectivity index (χ0n) is 12.3. The maximum absolute atomic E-state index is 12.7. The maximum Gasteiger partial charge on any atom is 0.227 e. The van der Waals surface area contributed by atoms with E-state index in [1.54, 1.807) is 0 Å². The summed E-state index contributed by atoms with van der Waals surface area (Å²) >= 11 is 0. The number of hydroxylamine groups is 2. The van der Waals surface area contributed by atoms with E-state index in [2.05, 4.69) is 6.92 Å². The Morgan fingerprint density at radius 3 is 2.42 bits per heavy atom. The highest BCUT2D eigenvalue weighted by Gasteiger charge is 2.38. The first-order chi connectivity index (χ1) is 8.82. The van der Waals surface area contributed by atoms with Gasteiger partial charge in [-0.1, -0.05) is 6.92 Å². The van der Waals surface area contributed by atoms with Gasteiger partial charge >= 0.3 is 0 Å². The lowest BCUT2D eigenvalue weighted by molar-refractivity contribution is -0.142. The van der Waals surface area contributed by atoms with Gasteiger partial charge < -0.3 is 20.9 Å². The van der Waals surface area contributed by atoms with Crippen molar-refractivity contribution in [2.24, 2.45) is 17.6 Å². The number of hydrogen-bond donors (Lipinski definition) is 1. The summed E-state index contributed by atoms with van der Waals surface area (Å²) in [6, 6.07) is -0.206. The number of carbonyl (C=O) groups excluding carboxylic acids is 1. The van der Waals surface area contributed by atoms with Crippen LogP contribution in [0.3, 0.4) is 0 Å². The van der Waals surface area contributed by atoms with E-state index in [9.17, 15) is 10.0 Å². The highest BCUT2D eigenvalue weighted by atomic mass is 16.5. The summed E-state index contributed by atoms with van der Waals surface area (Å²) in [6.45, 7) is 8.00. The Bertz CT molecular complexity index is 336. The van der Waals surface area contributed by atoms with Crippen LogP contribution in [0, 0.1) is 17.0 Å². The smallest absolute Gasteiger partial charge is 0.227 e. The van der Waals surface area contributed by atoms with Gasteiger partial charge in [0.2, 0.25) is 5.91 Å². The molecule has 2 N–H and O–H groups in total. The summed E-state index contributed by atoms with van der Waals surface area (Å²) < 4.78 is 0. The largest absolute Gasteiger partial charge is 0.785 e. The van der Waals surface area contributed by atoms with Gasteiger partial charge in [0.15, 0.2) is 0 Å². The zero-order valence-corrected chi connectivity index (χ0v) is 12.3. The molecule has 0 aromatic carbocycles. The van der Waals surface area contributed by atoms with Crippen LogP contribution in [0.15, 0.2) is 0 Å². The standard InChI is InChI=1S/C14H26N3O2/c1-10-4-7-17(19)11(2)12(10)13(18)16-8-5-14(3,15)6-9-16/h10-12H,4-9,15H2,1-3H3/q-1/t10-,11?,12?/m1/s1. The van der Waals surface area contributed by atoms with Crippen LogP contribution in [0.25, 0.3) is 0 Å². The van der Waals surface area contributed by atoms with Gasteiger partial charge in [-0.25, -0.2) is 0 Å². The molecular weight excluding hydrogens is 242 g/mol. The second kappa shape index (κ2) is 5.38. The number of nitrogens with zero attached hydrogens (tertiary/aromatic N) is 2. The van der Waals surface area contributed by atoms with Crippen molar-refractivity contribution in [3.05, 3.63) is 5.21 Å². The third-order valence-electron chi connectivity index (χ3n) is 4.89. The average Bonchev–Trinajstić information content (AvgIpc) is 2.34. The van der Waals surface area contributed by atoms with Crippen molar-refractivity contribution in [1.82, 2.24) is 9.96 Å². The molecule has 0 aromatic rings. The van der Waals surface area contributed by atoms with Crippen LogP contribution in [-0.4, -0.2) is 47.1 Å². The summed E-state index contributed by atoms with van der Waals surface area (Å²) in [5, 5.41) is 12.8. The van der Waals surface area contributed by atoms with Crippen LogP contribution in [-0.2, 0) is 4.79 Å². The Kier molecular flexibility index (Phi) is 4.18. The van der Waals surface area contributed by atoms with Crippen LogP contribution in [0.2, 0.25) is 0 Å². The number of amides is 1. The first kappa shape index (κ1) is 14.8.